The van der Waals surface area contributed by atoms with Gasteiger partial charge in [0.05, 0.1) is 0 Å². The van der Waals surface area contributed by atoms with E-state index in [1.807, 2.05) is 0 Å². The fourth-order valence-electron chi connectivity index (χ4n) is 0. The van der Waals surface area contributed by atoms with Crippen molar-refractivity contribution in [2.45, 2.75) is 0 Å². The van der Waals surface area contributed by atoms with Gasteiger partial charge in [-0.05, 0) is 0 Å². The molecule has 0 unspecified atom stereocenters. The molecule has 0 N–H and O–H groups in total. The van der Waals surface area contributed by atoms with Gasteiger partial charge >= 0.3 is 102 Å². The molecule has 0 saturated heterocycles. The summed E-state index contributed by atoms with van der Waals surface area (Å²) >= 11 is -8.67. The van der Waals surface area contributed by atoms with Crippen LogP contribution in [-0.2, 0) is 7.56 Å². The molecule has 9 heteroatoms. The third kappa shape index (κ3) is 196. The Labute approximate surface area is 100 Å². The zero-order chi connectivity index (χ0) is 7.15. The van der Waals surface area contributed by atoms with Crippen LogP contribution in [-0.4, -0.2) is 79.1 Å². The molecule has 0 heterocycles. The van der Waals surface area contributed by atoms with Gasteiger partial charge in [0.2, 0.25) is 0 Å². The van der Waals surface area contributed by atoms with E-state index in [2.05, 4.69) is 0 Å². The first-order valence-electron chi connectivity index (χ1n) is 1.19. The van der Waals surface area contributed by atoms with Crippen LogP contribution in [0.1, 0.15) is 0 Å². The Bertz CT molecular complexity index is 74.6. The number of hydrogen-bond acceptors (Lipinski definition) is 4. The predicted octanol–water partition coefficient (Wildman–Crippen LogP) is -2.92. The summed E-state index contributed by atoms with van der Waals surface area (Å²) in [6.45, 7) is 0. The van der Waals surface area contributed by atoms with E-state index in [4.69, 9.17) is 15.8 Å². The molecular weight excluding hydrogens is 385 g/mol. The van der Waals surface area contributed by atoms with Gasteiger partial charge in [-0.15, -0.1) is 0 Å². The topological polar surface area (TPSA) is 80.3 Å². The van der Waals surface area contributed by atoms with Crippen LogP contribution in [0.3, 0.4) is 0 Å². The Morgan fingerprint density at radius 1 is 1.00 bits per heavy atom. The molecule has 0 aromatic rings. The average Bonchev–Trinajstić information content (AvgIpc) is 1.25. The van der Waals surface area contributed by atoms with E-state index in [9.17, 15) is 7.00 Å². The number of halogens is 2. The molecule has 0 aliphatic carbocycles. The van der Waals surface area contributed by atoms with Crippen LogP contribution in [0, 0.1) is 0 Å². The standard InChI is InChI=1S/Ba.2FGeO2/c;2*1-2(3)4/q+2;2*-1. The van der Waals surface area contributed by atoms with Gasteiger partial charge in [0.25, 0.3) is 0 Å². The van der Waals surface area contributed by atoms with Crippen LogP contribution in [0.25, 0.3) is 0 Å². The van der Waals surface area contributed by atoms with Crippen molar-refractivity contribution in [2.24, 2.45) is 0 Å². The zero-order valence-corrected chi connectivity index (χ0v) is 12.7. The molecule has 0 radical (unpaired) electrons. The molecule has 0 spiro atoms. The molecule has 0 aliphatic heterocycles. The molecular formula is BaF2Ge2O4. The van der Waals surface area contributed by atoms with Gasteiger partial charge in [-0.25, -0.2) is 0 Å². The molecule has 0 fully saturated rings. The third-order valence-corrected chi connectivity index (χ3v) is 0. The summed E-state index contributed by atoms with van der Waals surface area (Å²) in [6.07, 6.45) is 0. The van der Waals surface area contributed by atoms with E-state index in [1.165, 1.54) is 0 Å². The first kappa shape index (κ1) is 17.0. The quantitative estimate of drug-likeness (QED) is 0.419. The minimum absolute atomic E-state index is 0. The molecule has 0 aromatic carbocycles. The second-order valence-corrected chi connectivity index (χ2v) is 2.47. The van der Waals surface area contributed by atoms with Gasteiger partial charge in [-0.3, -0.25) is 0 Å². The van der Waals surface area contributed by atoms with Crippen LogP contribution < -0.4 is 8.27 Å². The summed E-state index contributed by atoms with van der Waals surface area (Å²) in [4.78, 5) is 0. The summed E-state index contributed by atoms with van der Waals surface area (Å²) in [5.41, 5.74) is 0. The van der Waals surface area contributed by atoms with Crippen LogP contribution >= 0.6 is 0 Å². The van der Waals surface area contributed by atoms with Crippen molar-refractivity contribution in [1.29, 1.82) is 0 Å². The number of rotatable bonds is 0. The molecule has 0 rings (SSSR count). The average molecular weight is 385 g/mol. The van der Waals surface area contributed by atoms with Gasteiger partial charge in [-0.1, -0.05) is 0 Å². The normalized spacial score (nSPS) is 5.56. The van der Waals surface area contributed by atoms with Gasteiger partial charge in [0.15, 0.2) is 0 Å². The molecule has 48 valence electrons. The Morgan fingerprint density at radius 3 is 1.00 bits per heavy atom. The molecule has 4 nitrogen and oxygen atoms in total. The van der Waals surface area contributed by atoms with Crippen molar-refractivity contribution < 1.29 is 22.8 Å². The van der Waals surface area contributed by atoms with E-state index in [0.717, 1.165) is 0 Å². The summed E-state index contributed by atoms with van der Waals surface area (Å²) in [7, 11) is 0. The second kappa shape index (κ2) is 12.4. The summed E-state index contributed by atoms with van der Waals surface area (Å²) in [5.74, 6) is 0. The monoisotopic (exact) mass is 388 g/mol. The van der Waals surface area contributed by atoms with Crippen molar-refractivity contribution in [3.63, 3.8) is 0 Å². The SMILES string of the molecule is [Ba+2].[O]=[Ge]([O-])[F].[O]=[Ge]([O-])[F]. The maximum atomic E-state index is 10.1. The molecule has 0 amide bonds. The van der Waals surface area contributed by atoms with Crippen LogP contribution in [0.4, 0.5) is 7.00 Å². The van der Waals surface area contributed by atoms with Gasteiger partial charge in [-0.2, -0.15) is 0 Å². The second-order valence-electron chi connectivity index (χ2n) is 0.475. The fourth-order valence-corrected chi connectivity index (χ4v) is 0. The third-order valence-electron chi connectivity index (χ3n) is 0. The van der Waals surface area contributed by atoms with Gasteiger partial charge < -0.3 is 0 Å². The molecule has 0 saturated carbocycles. The number of hydrogen-bond donors (Lipinski definition) is 0. The fraction of sp³-hybridized carbons (Fsp3) is 0. The van der Waals surface area contributed by atoms with E-state index < -0.39 is 30.2 Å². The Balaban J connectivity index is -0.0000000720. The first-order valence-corrected chi connectivity index (χ1v) is 6.21. The van der Waals surface area contributed by atoms with E-state index in [0.29, 0.717) is 0 Å². The van der Waals surface area contributed by atoms with Crippen molar-refractivity contribution in [3.05, 3.63) is 0 Å². The van der Waals surface area contributed by atoms with Crippen molar-refractivity contribution in [3.8, 4) is 0 Å². The Hall–Kier alpha value is 1.72. The van der Waals surface area contributed by atoms with Crippen molar-refractivity contribution in [2.75, 3.05) is 0 Å². The zero-order valence-electron chi connectivity index (χ0n) is 4.10. The molecule has 0 aliphatic rings. The van der Waals surface area contributed by atoms with E-state index >= 15 is 0 Å². The minimum atomic E-state index is -4.33. The first-order chi connectivity index (χ1) is 3.46. The summed E-state index contributed by atoms with van der Waals surface area (Å²) in [6, 6.07) is 0. The van der Waals surface area contributed by atoms with Crippen molar-refractivity contribution in [1.82, 2.24) is 0 Å². The molecule has 0 aromatic heterocycles. The van der Waals surface area contributed by atoms with Crippen LogP contribution in [0.15, 0.2) is 0 Å². The molecule has 9 heavy (non-hydrogen) atoms. The Kier molecular flexibility index (Phi) is 23.4. The van der Waals surface area contributed by atoms with Crippen molar-refractivity contribution >= 4 is 79.1 Å². The maximum absolute atomic E-state index is 10.1. The summed E-state index contributed by atoms with van der Waals surface area (Å²) < 4.78 is 54.0. The van der Waals surface area contributed by atoms with Crippen LogP contribution in [0.5, 0.6) is 0 Å². The van der Waals surface area contributed by atoms with Gasteiger partial charge in [0.1, 0.15) is 0 Å². The van der Waals surface area contributed by atoms with E-state index in [1.54, 1.807) is 0 Å². The van der Waals surface area contributed by atoms with Crippen LogP contribution in [0.2, 0.25) is 0 Å². The van der Waals surface area contributed by atoms with Gasteiger partial charge in [0, 0.05) is 0 Å². The van der Waals surface area contributed by atoms with E-state index in [-0.39, 0.29) is 48.9 Å². The molecule has 0 bridgehead atoms. The Morgan fingerprint density at radius 2 is 1.00 bits per heavy atom. The summed E-state index contributed by atoms with van der Waals surface area (Å²) in [5, 5.41) is 0. The predicted molar refractivity (Wildman–Crippen MR) is 20.9 cm³/mol. The molecule has 0 atom stereocenters.